The molecule has 2 aromatic carbocycles. The largest absolute Gasteiger partial charge is 0.341 e. The van der Waals surface area contributed by atoms with Gasteiger partial charge in [0, 0.05) is 13.1 Å². The summed E-state index contributed by atoms with van der Waals surface area (Å²) in [5, 5.41) is 0. The number of carbonyl (C=O) groups is 3. The molecule has 3 amide bonds. The molecule has 0 unspecified atom stereocenters. The molecule has 2 aromatic rings. The van der Waals surface area contributed by atoms with Crippen molar-refractivity contribution in [1.29, 1.82) is 0 Å². The molecule has 5 heteroatoms. The van der Waals surface area contributed by atoms with Gasteiger partial charge < -0.3 is 4.90 Å². The lowest BCUT2D eigenvalue weighted by molar-refractivity contribution is -0.131. The summed E-state index contributed by atoms with van der Waals surface area (Å²) in [5.74, 6) is -1.06. The lowest BCUT2D eigenvalue weighted by Crippen LogP contribution is -2.44. The van der Waals surface area contributed by atoms with E-state index in [0.29, 0.717) is 17.5 Å². The third-order valence-electron chi connectivity index (χ3n) is 4.60. The number of carbonyl (C=O) groups excluding carboxylic acids is 3. The van der Waals surface area contributed by atoms with Crippen molar-refractivity contribution in [3.8, 4) is 0 Å². The van der Waals surface area contributed by atoms with Gasteiger partial charge in [-0.1, -0.05) is 42.5 Å². The van der Waals surface area contributed by atoms with Crippen molar-refractivity contribution in [1.82, 2.24) is 9.80 Å². The highest BCUT2D eigenvalue weighted by Gasteiger charge is 2.37. The van der Waals surface area contributed by atoms with E-state index in [1.807, 2.05) is 37.3 Å². The van der Waals surface area contributed by atoms with Crippen LogP contribution in [0, 0.1) is 0 Å². The van der Waals surface area contributed by atoms with E-state index in [1.54, 1.807) is 36.2 Å². The summed E-state index contributed by atoms with van der Waals surface area (Å²) in [5.41, 5.74) is 1.86. The van der Waals surface area contributed by atoms with Gasteiger partial charge in [-0.3, -0.25) is 19.3 Å². The van der Waals surface area contributed by atoms with E-state index in [2.05, 4.69) is 0 Å². The summed E-state index contributed by atoms with van der Waals surface area (Å²) in [7, 11) is 1.70. The van der Waals surface area contributed by atoms with Crippen LogP contribution in [-0.4, -0.2) is 47.2 Å². The van der Waals surface area contributed by atoms with Crippen LogP contribution < -0.4 is 0 Å². The van der Waals surface area contributed by atoms with Crippen LogP contribution in [0.3, 0.4) is 0 Å². The Labute approximate surface area is 146 Å². The molecule has 0 aromatic heterocycles. The third kappa shape index (κ3) is 3.31. The molecule has 0 N–H and O–H groups in total. The van der Waals surface area contributed by atoms with Gasteiger partial charge in [0.05, 0.1) is 11.1 Å². The van der Waals surface area contributed by atoms with Gasteiger partial charge in [-0.15, -0.1) is 0 Å². The van der Waals surface area contributed by atoms with Crippen molar-refractivity contribution in [2.75, 3.05) is 13.6 Å². The van der Waals surface area contributed by atoms with E-state index in [4.69, 9.17) is 0 Å². The van der Waals surface area contributed by atoms with Crippen LogP contribution in [0.2, 0.25) is 0 Å². The Balaban J connectivity index is 1.66. The zero-order valence-electron chi connectivity index (χ0n) is 14.3. The minimum absolute atomic E-state index is 0.0370. The van der Waals surface area contributed by atoms with E-state index < -0.39 is 11.8 Å². The summed E-state index contributed by atoms with van der Waals surface area (Å²) in [6.45, 7) is 1.72. The first-order valence-corrected chi connectivity index (χ1v) is 8.24. The van der Waals surface area contributed by atoms with Gasteiger partial charge in [0.15, 0.2) is 0 Å². The second kappa shape index (κ2) is 6.89. The predicted octanol–water partition coefficient (Wildman–Crippen LogP) is 2.37. The summed E-state index contributed by atoms with van der Waals surface area (Å²) >= 11 is 0. The second-order valence-corrected chi connectivity index (χ2v) is 6.29. The van der Waals surface area contributed by atoms with E-state index >= 15 is 0 Å². The molecule has 0 radical (unpaired) electrons. The summed E-state index contributed by atoms with van der Waals surface area (Å²) in [6.07, 6.45) is 0.713. The molecule has 1 heterocycles. The van der Waals surface area contributed by atoms with Crippen molar-refractivity contribution in [3.05, 3.63) is 71.3 Å². The predicted molar refractivity (Wildman–Crippen MR) is 94.2 cm³/mol. The van der Waals surface area contributed by atoms with Gasteiger partial charge in [-0.05, 0) is 31.0 Å². The van der Waals surface area contributed by atoms with Crippen LogP contribution in [0.1, 0.15) is 33.2 Å². The number of rotatable bonds is 5. The van der Waals surface area contributed by atoms with Crippen molar-refractivity contribution >= 4 is 17.7 Å². The summed E-state index contributed by atoms with van der Waals surface area (Å²) in [4.78, 5) is 39.9. The van der Waals surface area contributed by atoms with Gasteiger partial charge in [0.1, 0.15) is 6.54 Å². The van der Waals surface area contributed by atoms with Gasteiger partial charge in [0.25, 0.3) is 11.8 Å². The Morgan fingerprint density at radius 2 is 1.48 bits per heavy atom. The van der Waals surface area contributed by atoms with Crippen LogP contribution in [0.25, 0.3) is 0 Å². The van der Waals surface area contributed by atoms with Crippen LogP contribution in [0.5, 0.6) is 0 Å². The van der Waals surface area contributed by atoms with E-state index in [-0.39, 0.29) is 18.5 Å². The Kier molecular flexibility index (Phi) is 4.65. The highest BCUT2D eigenvalue weighted by atomic mass is 16.2. The van der Waals surface area contributed by atoms with Gasteiger partial charge in [-0.2, -0.15) is 0 Å². The van der Waals surface area contributed by atoms with Crippen molar-refractivity contribution in [2.24, 2.45) is 0 Å². The highest BCUT2D eigenvalue weighted by Crippen LogP contribution is 2.22. The smallest absolute Gasteiger partial charge is 0.262 e. The van der Waals surface area contributed by atoms with E-state index in [9.17, 15) is 14.4 Å². The number of nitrogens with zero attached hydrogens (tertiary/aromatic N) is 2. The minimum Gasteiger partial charge on any atom is -0.341 e. The molecule has 128 valence electrons. The van der Waals surface area contributed by atoms with Gasteiger partial charge >= 0.3 is 0 Å². The quantitative estimate of drug-likeness (QED) is 0.788. The molecule has 0 spiro atoms. The van der Waals surface area contributed by atoms with Crippen LogP contribution in [0.15, 0.2) is 54.6 Å². The molecular formula is C20H20N2O3. The minimum atomic E-state index is -0.405. The maximum absolute atomic E-state index is 12.6. The summed E-state index contributed by atoms with van der Waals surface area (Å²) in [6, 6.07) is 16.5. The van der Waals surface area contributed by atoms with Crippen molar-refractivity contribution < 1.29 is 14.4 Å². The first-order chi connectivity index (χ1) is 12.0. The van der Waals surface area contributed by atoms with E-state index in [0.717, 1.165) is 10.5 Å². The number of hydrogen-bond donors (Lipinski definition) is 0. The van der Waals surface area contributed by atoms with E-state index in [1.165, 1.54) is 0 Å². The second-order valence-electron chi connectivity index (χ2n) is 6.29. The molecule has 0 saturated carbocycles. The van der Waals surface area contributed by atoms with Gasteiger partial charge in [0.2, 0.25) is 5.91 Å². The molecule has 3 rings (SSSR count). The summed E-state index contributed by atoms with van der Waals surface area (Å²) < 4.78 is 0. The monoisotopic (exact) mass is 336 g/mol. The van der Waals surface area contributed by atoms with Crippen LogP contribution in [0.4, 0.5) is 0 Å². The molecule has 0 aliphatic carbocycles. The maximum Gasteiger partial charge on any atom is 0.262 e. The topological polar surface area (TPSA) is 57.7 Å². The molecule has 1 aliphatic rings. The average Bonchev–Trinajstić information content (AvgIpc) is 2.87. The molecular weight excluding hydrogens is 316 g/mol. The lowest BCUT2D eigenvalue weighted by Gasteiger charge is -2.26. The highest BCUT2D eigenvalue weighted by molar-refractivity contribution is 6.22. The standard InChI is InChI=1S/C20H20N2O3/c1-14(12-15-8-4-3-5-9-15)21(2)18(23)13-22-19(24)16-10-6-7-11-17(16)20(22)25/h3-11,14H,12-13H2,1-2H3/t14-/m0/s1. The molecule has 0 bridgehead atoms. The molecule has 0 saturated heterocycles. The Hall–Kier alpha value is -2.95. The number of hydrogen-bond acceptors (Lipinski definition) is 3. The number of fused-ring (bicyclic) bond motifs is 1. The molecule has 25 heavy (non-hydrogen) atoms. The van der Waals surface area contributed by atoms with Crippen LogP contribution >= 0.6 is 0 Å². The SMILES string of the molecule is C[C@@H](Cc1ccccc1)N(C)C(=O)CN1C(=O)c2ccccc2C1=O. The Bertz CT molecular complexity index is 782. The number of amides is 3. The zero-order valence-corrected chi connectivity index (χ0v) is 14.3. The maximum atomic E-state index is 12.6. The zero-order chi connectivity index (χ0) is 18.0. The number of imide groups is 1. The third-order valence-corrected chi connectivity index (χ3v) is 4.60. The number of benzene rings is 2. The molecule has 5 nitrogen and oxygen atoms in total. The van der Waals surface area contributed by atoms with Crippen molar-refractivity contribution in [3.63, 3.8) is 0 Å². The van der Waals surface area contributed by atoms with Gasteiger partial charge in [-0.25, -0.2) is 0 Å². The fourth-order valence-corrected chi connectivity index (χ4v) is 2.97. The fourth-order valence-electron chi connectivity index (χ4n) is 2.97. The Morgan fingerprint density at radius 1 is 0.960 bits per heavy atom. The molecule has 1 aliphatic heterocycles. The first-order valence-electron chi connectivity index (χ1n) is 8.24. The number of likely N-dealkylation sites (N-methyl/N-ethyl adjacent to an activating group) is 1. The first kappa shape index (κ1) is 16.9. The average molecular weight is 336 g/mol. The van der Waals surface area contributed by atoms with Crippen LogP contribution in [-0.2, 0) is 11.2 Å². The molecule has 1 atom stereocenters. The van der Waals surface area contributed by atoms with Crippen molar-refractivity contribution in [2.45, 2.75) is 19.4 Å². The normalized spacial score (nSPS) is 14.4. The fraction of sp³-hybridized carbons (Fsp3) is 0.250. The Morgan fingerprint density at radius 3 is 2.04 bits per heavy atom. The molecule has 0 fully saturated rings. The lowest BCUT2D eigenvalue weighted by atomic mass is 10.1.